The molecule has 0 aromatic carbocycles. The van der Waals surface area contributed by atoms with Crippen LogP contribution in [0.15, 0.2) is 23.0 Å². The van der Waals surface area contributed by atoms with Crippen molar-refractivity contribution >= 4 is 5.97 Å². The van der Waals surface area contributed by atoms with E-state index < -0.39 is 11.6 Å². The summed E-state index contributed by atoms with van der Waals surface area (Å²) >= 11 is 0. The standard InChI is InChI=1S/C10H13NO4/c1-7-4-3-5-8(12)11(7)6-10(2,15)9(13)14/h3-5,15H,6H2,1-2H3,(H,13,14). The van der Waals surface area contributed by atoms with Crippen LogP contribution in [-0.4, -0.2) is 26.4 Å². The summed E-state index contributed by atoms with van der Waals surface area (Å²) in [5.74, 6) is -1.35. The van der Waals surface area contributed by atoms with Crippen LogP contribution in [0.2, 0.25) is 0 Å². The average Bonchev–Trinajstić information content (AvgIpc) is 2.11. The lowest BCUT2D eigenvalue weighted by Crippen LogP contribution is -2.42. The maximum atomic E-state index is 11.4. The van der Waals surface area contributed by atoms with Gasteiger partial charge in [-0.25, -0.2) is 4.79 Å². The molecular weight excluding hydrogens is 198 g/mol. The molecular formula is C10H13NO4. The minimum absolute atomic E-state index is 0.256. The molecule has 1 atom stereocenters. The number of pyridine rings is 1. The van der Waals surface area contributed by atoms with Crippen LogP contribution in [0, 0.1) is 6.92 Å². The number of hydrogen-bond acceptors (Lipinski definition) is 3. The van der Waals surface area contributed by atoms with Gasteiger partial charge in [-0.2, -0.15) is 0 Å². The van der Waals surface area contributed by atoms with Gasteiger partial charge in [-0.1, -0.05) is 6.07 Å². The number of carboxylic acid groups (broad SMARTS) is 1. The van der Waals surface area contributed by atoms with E-state index >= 15 is 0 Å². The van der Waals surface area contributed by atoms with Crippen LogP contribution in [0.5, 0.6) is 0 Å². The van der Waals surface area contributed by atoms with Crippen LogP contribution in [0.4, 0.5) is 0 Å². The van der Waals surface area contributed by atoms with Crippen molar-refractivity contribution in [3.8, 4) is 0 Å². The lowest BCUT2D eigenvalue weighted by atomic mass is 10.1. The van der Waals surface area contributed by atoms with Gasteiger partial charge in [-0.05, 0) is 19.9 Å². The fraction of sp³-hybridized carbons (Fsp3) is 0.400. The quantitative estimate of drug-likeness (QED) is 0.737. The molecule has 0 fully saturated rings. The van der Waals surface area contributed by atoms with Crippen LogP contribution >= 0.6 is 0 Å². The third-order valence-electron chi connectivity index (χ3n) is 2.19. The molecule has 0 aliphatic heterocycles. The molecule has 1 aromatic heterocycles. The molecule has 0 radical (unpaired) electrons. The molecule has 1 heterocycles. The van der Waals surface area contributed by atoms with Gasteiger partial charge < -0.3 is 14.8 Å². The predicted octanol–water partition coefficient (Wildman–Crippen LogP) is -0.00768. The van der Waals surface area contributed by atoms with E-state index in [1.54, 1.807) is 19.1 Å². The van der Waals surface area contributed by atoms with E-state index in [0.29, 0.717) is 5.69 Å². The fourth-order valence-corrected chi connectivity index (χ4v) is 1.20. The highest BCUT2D eigenvalue weighted by Crippen LogP contribution is 2.07. The zero-order valence-electron chi connectivity index (χ0n) is 8.60. The topological polar surface area (TPSA) is 79.5 Å². The van der Waals surface area contributed by atoms with Gasteiger partial charge in [0, 0.05) is 11.8 Å². The van der Waals surface area contributed by atoms with Crippen LogP contribution < -0.4 is 5.56 Å². The molecule has 82 valence electrons. The highest BCUT2D eigenvalue weighted by Gasteiger charge is 2.30. The van der Waals surface area contributed by atoms with Gasteiger partial charge in [0.15, 0.2) is 5.60 Å². The third kappa shape index (κ3) is 2.44. The number of aromatic nitrogens is 1. The summed E-state index contributed by atoms with van der Waals surface area (Å²) in [4.78, 5) is 22.1. The lowest BCUT2D eigenvalue weighted by Gasteiger charge is -2.20. The number of aryl methyl sites for hydroxylation is 1. The van der Waals surface area contributed by atoms with Gasteiger partial charge in [-0.15, -0.1) is 0 Å². The van der Waals surface area contributed by atoms with E-state index in [0.717, 1.165) is 6.92 Å². The van der Waals surface area contributed by atoms with E-state index in [1.165, 1.54) is 10.6 Å². The smallest absolute Gasteiger partial charge is 0.337 e. The molecule has 0 saturated carbocycles. The zero-order valence-corrected chi connectivity index (χ0v) is 8.60. The zero-order chi connectivity index (χ0) is 11.6. The molecule has 0 saturated heterocycles. The van der Waals surface area contributed by atoms with Crippen LogP contribution in [-0.2, 0) is 11.3 Å². The van der Waals surface area contributed by atoms with Crippen LogP contribution in [0.1, 0.15) is 12.6 Å². The molecule has 1 unspecified atom stereocenters. The van der Waals surface area contributed by atoms with Crippen molar-refractivity contribution in [2.75, 3.05) is 0 Å². The van der Waals surface area contributed by atoms with E-state index in [9.17, 15) is 14.7 Å². The second-order valence-electron chi connectivity index (χ2n) is 3.67. The number of carboxylic acids is 1. The Morgan fingerprint density at radius 2 is 2.13 bits per heavy atom. The van der Waals surface area contributed by atoms with Gasteiger partial charge in [0.05, 0.1) is 6.54 Å². The Hall–Kier alpha value is -1.62. The molecule has 2 N–H and O–H groups in total. The number of aliphatic hydroxyl groups is 1. The minimum atomic E-state index is -1.93. The SMILES string of the molecule is Cc1cccc(=O)n1CC(C)(O)C(=O)O. The van der Waals surface area contributed by atoms with Gasteiger partial charge in [0.2, 0.25) is 0 Å². The first-order chi connectivity index (χ1) is 6.84. The molecule has 1 rings (SSSR count). The summed E-state index contributed by atoms with van der Waals surface area (Å²) in [6.45, 7) is 2.58. The van der Waals surface area contributed by atoms with Crippen molar-refractivity contribution in [2.24, 2.45) is 0 Å². The van der Waals surface area contributed by atoms with E-state index in [2.05, 4.69) is 0 Å². The average molecular weight is 211 g/mol. The van der Waals surface area contributed by atoms with Crippen molar-refractivity contribution in [3.63, 3.8) is 0 Å². The molecule has 5 heteroatoms. The largest absolute Gasteiger partial charge is 0.479 e. The predicted molar refractivity (Wildman–Crippen MR) is 53.7 cm³/mol. The number of carbonyl (C=O) groups is 1. The molecule has 0 aliphatic rings. The Balaban J connectivity index is 3.10. The lowest BCUT2D eigenvalue weighted by molar-refractivity contribution is -0.158. The third-order valence-corrected chi connectivity index (χ3v) is 2.19. The van der Waals surface area contributed by atoms with Crippen molar-refractivity contribution in [1.29, 1.82) is 0 Å². The molecule has 15 heavy (non-hydrogen) atoms. The Morgan fingerprint density at radius 3 is 2.60 bits per heavy atom. The van der Waals surface area contributed by atoms with E-state index in [-0.39, 0.29) is 12.1 Å². The number of nitrogens with zero attached hydrogens (tertiary/aromatic N) is 1. The van der Waals surface area contributed by atoms with Gasteiger partial charge >= 0.3 is 5.97 Å². The number of aliphatic carboxylic acids is 1. The number of rotatable bonds is 3. The Kier molecular flexibility index (Phi) is 2.95. The highest BCUT2D eigenvalue weighted by molar-refractivity contribution is 5.76. The highest BCUT2D eigenvalue weighted by atomic mass is 16.4. The molecule has 5 nitrogen and oxygen atoms in total. The van der Waals surface area contributed by atoms with Crippen LogP contribution in [0.25, 0.3) is 0 Å². The summed E-state index contributed by atoms with van der Waals surface area (Å²) < 4.78 is 1.23. The van der Waals surface area contributed by atoms with E-state index in [4.69, 9.17) is 5.11 Å². The van der Waals surface area contributed by atoms with Gasteiger partial charge in [0.1, 0.15) is 0 Å². The van der Waals surface area contributed by atoms with Gasteiger partial charge in [0.25, 0.3) is 5.56 Å². The van der Waals surface area contributed by atoms with Gasteiger partial charge in [-0.3, -0.25) is 4.79 Å². The first-order valence-electron chi connectivity index (χ1n) is 4.47. The molecule has 0 bridgehead atoms. The van der Waals surface area contributed by atoms with Crippen molar-refractivity contribution in [1.82, 2.24) is 4.57 Å². The summed E-state index contributed by atoms with van der Waals surface area (Å²) in [6, 6.07) is 4.59. The van der Waals surface area contributed by atoms with E-state index in [1.807, 2.05) is 0 Å². The maximum absolute atomic E-state index is 11.4. The van der Waals surface area contributed by atoms with Crippen LogP contribution in [0.3, 0.4) is 0 Å². The fourth-order valence-electron chi connectivity index (χ4n) is 1.20. The van der Waals surface area contributed by atoms with Crippen molar-refractivity contribution < 1.29 is 15.0 Å². The monoisotopic (exact) mass is 211 g/mol. The van der Waals surface area contributed by atoms with Crippen molar-refractivity contribution in [3.05, 3.63) is 34.2 Å². The Morgan fingerprint density at radius 1 is 1.53 bits per heavy atom. The Bertz CT molecular complexity index is 433. The molecule has 0 spiro atoms. The molecule has 0 amide bonds. The summed E-state index contributed by atoms with van der Waals surface area (Å²) in [7, 11) is 0. The summed E-state index contributed by atoms with van der Waals surface area (Å²) in [5.41, 5.74) is -1.64. The second kappa shape index (κ2) is 3.86. The first-order valence-corrected chi connectivity index (χ1v) is 4.47. The normalized spacial score (nSPS) is 14.6. The Labute approximate surface area is 86.6 Å². The summed E-state index contributed by atoms with van der Waals surface area (Å²) in [5, 5.41) is 18.3. The first kappa shape index (κ1) is 11.5. The summed E-state index contributed by atoms with van der Waals surface area (Å²) in [6.07, 6.45) is 0. The minimum Gasteiger partial charge on any atom is -0.479 e. The second-order valence-corrected chi connectivity index (χ2v) is 3.67. The maximum Gasteiger partial charge on any atom is 0.337 e. The molecule has 1 aromatic rings. The van der Waals surface area contributed by atoms with Crippen molar-refractivity contribution in [2.45, 2.75) is 26.0 Å². The molecule has 0 aliphatic carbocycles. The number of hydrogen-bond donors (Lipinski definition) is 2.